The lowest BCUT2D eigenvalue weighted by Gasteiger charge is -2.45. The van der Waals surface area contributed by atoms with Crippen molar-refractivity contribution < 1.29 is 4.79 Å². The van der Waals surface area contributed by atoms with Gasteiger partial charge < -0.3 is 0 Å². The summed E-state index contributed by atoms with van der Waals surface area (Å²) >= 11 is 0. The summed E-state index contributed by atoms with van der Waals surface area (Å²) in [5.41, 5.74) is -0.173. The van der Waals surface area contributed by atoms with Crippen molar-refractivity contribution in [3.63, 3.8) is 0 Å². The molecule has 1 aliphatic carbocycles. The SMILES string of the molecule is CC(C)(C)N1C2CCCCC2C(=O)C1(C)C. The van der Waals surface area contributed by atoms with Crippen LogP contribution in [0, 0.1) is 5.92 Å². The summed E-state index contributed by atoms with van der Waals surface area (Å²) in [7, 11) is 0. The van der Waals surface area contributed by atoms with Gasteiger partial charge in [0.2, 0.25) is 0 Å². The second kappa shape index (κ2) is 3.56. The molecule has 0 aromatic heterocycles. The van der Waals surface area contributed by atoms with E-state index in [9.17, 15) is 4.79 Å². The summed E-state index contributed by atoms with van der Waals surface area (Å²) in [5.74, 6) is 0.787. The second-order valence-electron chi connectivity index (χ2n) is 6.92. The van der Waals surface area contributed by atoms with E-state index >= 15 is 0 Å². The minimum absolute atomic E-state index is 0.0932. The Bertz CT molecular complexity index is 300. The molecule has 2 rings (SSSR count). The van der Waals surface area contributed by atoms with Crippen molar-refractivity contribution in [2.45, 2.75) is 77.4 Å². The Hall–Kier alpha value is -0.370. The Morgan fingerprint density at radius 3 is 2.31 bits per heavy atom. The molecule has 2 heteroatoms. The average Bonchev–Trinajstić information content (AvgIpc) is 2.34. The minimum atomic E-state index is -0.266. The van der Waals surface area contributed by atoms with Crippen molar-refractivity contribution in [1.82, 2.24) is 4.90 Å². The van der Waals surface area contributed by atoms with Gasteiger partial charge in [0.25, 0.3) is 0 Å². The number of rotatable bonds is 0. The van der Waals surface area contributed by atoms with E-state index in [2.05, 4.69) is 39.5 Å². The molecule has 2 nitrogen and oxygen atoms in total. The Morgan fingerprint density at radius 2 is 1.75 bits per heavy atom. The largest absolute Gasteiger partial charge is 0.297 e. The van der Waals surface area contributed by atoms with Gasteiger partial charge in [0, 0.05) is 17.5 Å². The van der Waals surface area contributed by atoms with Crippen LogP contribution in [0.4, 0.5) is 0 Å². The minimum Gasteiger partial charge on any atom is -0.297 e. The number of nitrogens with zero attached hydrogens (tertiary/aromatic N) is 1. The first kappa shape index (κ1) is 12.1. The van der Waals surface area contributed by atoms with E-state index in [0.717, 1.165) is 6.42 Å². The third-order valence-corrected chi connectivity index (χ3v) is 4.33. The summed E-state index contributed by atoms with van der Waals surface area (Å²) in [6, 6.07) is 0.497. The zero-order valence-electron chi connectivity index (χ0n) is 11.3. The van der Waals surface area contributed by atoms with Crippen LogP contribution in [0.3, 0.4) is 0 Å². The van der Waals surface area contributed by atoms with E-state index in [-0.39, 0.29) is 11.1 Å². The topological polar surface area (TPSA) is 20.3 Å². The van der Waals surface area contributed by atoms with Gasteiger partial charge in [-0.2, -0.15) is 0 Å². The highest BCUT2D eigenvalue weighted by molar-refractivity contribution is 5.92. The number of likely N-dealkylation sites (tertiary alicyclic amines) is 1. The first-order valence-electron chi connectivity index (χ1n) is 6.60. The molecule has 0 aromatic carbocycles. The van der Waals surface area contributed by atoms with Crippen LogP contribution in [0.5, 0.6) is 0 Å². The monoisotopic (exact) mass is 223 g/mol. The van der Waals surface area contributed by atoms with Crippen LogP contribution in [-0.4, -0.2) is 27.8 Å². The predicted molar refractivity (Wildman–Crippen MR) is 66.4 cm³/mol. The number of Topliss-reactive ketones (excluding diaryl/α,β-unsaturated/α-hetero) is 1. The molecule has 1 heterocycles. The van der Waals surface area contributed by atoms with Crippen LogP contribution in [0.2, 0.25) is 0 Å². The van der Waals surface area contributed by atoms with E-state index in [1.54, 1.807) is 0 Å². The van der Waals surface area contributed by atoms with Gasteiger partial charge in [-0.05, 0) is 47.5 Å². The Balaban J connectivity index is 2.38. The lowest BCUT2D eigenvalue weighted by Crippen LogP contribution is -2.55. The van der Waals surface area contributed by atoms with Crippen LogP contribution in [0.15, 0.2) is 0 Å². The molecule has 16 heavy (non-hydrogen) atoms. The zero-order valence-corrected chi connectivity index (χ0v) is 11.3. The van der Waals surface area contributed by atoms with Crippen molar-refractivity contribution in [3.8, 4) is 0 Å². The van der Waals surface area contributed by atoms with Gasteiger partial charge in [-0.25, -0.2) is 0 Å². The van der Waals surface area contributed by atoms with Gasteiger partial charge in [-0.1, -0.05) is 12.8 Å². The number of ketones is 1. The number of carbonyl (C=O) groups is 1. The quantitative estimate of drug-likeness (QED) is 0.629. The molecule has 0 spiro atoms. The molecule has 0 radical (unpaired) electrons. The first-order chi connectivity index (χ1) is 7.26. The number of carbonyl (C=O) groups excluding carboxylic acids is 1. The molecule has 0 amide bonds. The number of fused-ring (bicyclic) bond motifs is 1. The summed E-state index contributed by atoms with van der Waals surface area (Å²) < 4.78 is 0. The van der Waals surface area contributed by atoms with Gasteiger partial charge in [0.1, 0.15) is 0 Å². The van der Waals surface area contributed by atoms with Crippen molar-refractivity contribution in [2.24, 2.45) is 5.92 Å². The molecule has 1 saturated heterocycles. The van der Waals surface area contributed by atoms with Gasteiger partial charge in [-0.15, -0.1) is 0 Å². The first-order valence-corrected chi connectivity index (χ1v) is 6.60. The van der Waals surface area contributed by atoms with Crippen LogP contribution in [0.1, 0.15) is 60.3 Å². The highest BCUT2D eigenvalue weighted by Crippen LogP contribution is 2.45. The molecule has 2 unspecified atom stereocenters. The summed E-state index contributed by atoms with van der Waals surface area (Å²) in [6.45, 7) is 10.9. The van der Waals surface area contributed by atoms with Gasteiger partial charge >= 0.3 is 0 Å². The van der Waals surface area contributed by atoms with E-state index in [4.69, 9.17) is 0 Å². The van der Waals surface area contributed by atoms with Crippen LogP contribution >= 0.6 is 0 Å². The van der Waals surface area contributed by atoms with Gasteiger partial charge in [0.05, 0.1) is 5.54 Å². The van der Waals surface area contributed by atoms with E-state index in [0.29, 0.717) is 17.7 Å². The van der Waals surface area contributed by atoms with Crippen molar-refractivity contribution >= 4 is 5.78 Å². The molecule has 92 valence electrons. The maximum absolute atomic E-state index is 12.5. The zero-order chi connectivity index (χ0) is 12.1. The Labute approximate surface area is 99.4 Å². The van der Waals surface area contributed by atoms with Gasteiger partial charge in [0.15, 0.2) is 5.78 Å². The maximum atomic E-state index is 12.5. The molecule has 0 bridgehead atoms. The smallest absolute Gasteiger partial charge is 0.157 e. The Morgan fingerprint density at radius 1 is 1.19 bits per heavy atom. The van der Waals surface area contributed by atoms with Crippen LogP contribution in [0.25, 0.3) is 0 Å². The lowest BCUT2D eigenvalue weighted by molar-refractivity contribution is -0.127. The fourth-order valence-corrected chi connectivity index (χ4v) is 4.05. The molecule has 0 N–H and O–H groups in total. The highest BCUT2D eigenvalue weighted by Gasteiger charge is 2.56. The van der Waals surface area contributed by atoms with Crippen LogP contribution in [-0.2, 0) is 4.79 Å². The summed E-state index contributed by atoms with van der Waals surface area (Å²) in [4.78, 5) is 15.0. The molecule has 1 saturated carbocycles. The van der Waals surface area contributed by atoms with Crippen molar-refractivity contribution in [2.75, 3.05) is 0 Å². The molecule has 2 atom stereocenters. The predicted octanol–water partition coefficient (Wildman–Crippen LogP) is 3.01. The van der Waals surface area contributed by atoms with E-state index in [1.165, 1.54) is 19.3 Å². The summed E-state index contributed by atoms with van der Waals surface area (Å²) in [6.07, 6.45) is 4.84. The lowest BCUT2D eigenvalue weighted by atomic mass is 9.82. The summed E-state index contributed by atoms with van der Waals surface area (Å²) in [5, 5.41) is 0. The van der Waals surface area contributed by atoms with Crippen molar-refractivity contribution in [3.05, 3.63) is 0 Å². The highest BCUT2D eigenvalue weighted by atomic mass is 16.1. The Kier molecular flexibility index (Phi) is 2.69. The number of hydrogen-bond acceptors (Lipinski definition) is 2. The molecular weight excluding hydrogens is 198 g/mol. The fraction of sp³-hybridized carbons (Fsp3) is 0.929. The second-order valence-corrected chi connectivity index (χ2v) is 6.92. The molecular formula is C14H25NO. The molecule has 2 fully saturated rings. The fourth-order valence-electron chi connectivity index (χ4n) is 4.05. The van der Waals surface area contributed by atoms with Crippen molar-refractivity contribution in [1.29, 1.82) is 0 Å². The maximum Gasteiger partial charge on any atom is 0.157 e. The molecule has 0 aromatic rings. The third-order valence-electron chi connectivity index (χ3n) is 4.33. The van der Waals surface area contributed by atoms with E-state index < -0.39 is 0 Å². The third kappa shape index (κ3) is 1.62. The van der Waals surface area contributed by atoms with E-state index in [1.807, 2.05) is 0 Å². The molecule has 1 aliphatic heterocycles. The molecule has 2 aliphatic rings. The van der Waals surface area contributed by atoms with Gasteiger partial charge in [-0.3, -0.25) is 9.69 Å². The standard InChI is InChI=1S/C14H25NO/c1-13(2,3)15-11-9-7-6-8-10(11)12(16)14(15,4)5/h10-11H,6-9H2,1-5H3. The average molecular weight is 223 g/mol. The van der Waals surface area contributed by atoms with Crippen LogP contribution < -0.4 is 0 Å². The normalized spacial score (nSPS) is 35.2. The number of hydrogen-bond donors (Lipinski definition) is 0.